The van der Waals surface area contributed by atoms with Gasteiger partial charge in [-0.25, -0.2) is 9.98 Å². The van der Waals surface area contributed by atoms with Crippen molar-refractivity contribution in [2.45, 2.75) is 6.17 Å². The van der Waals surface area contributed by atoms with E-state index in [1.54, 1.807) is 0 Å². The predicted octanol–water partition coefficient (Wildman–Crippen LogP) is 13.2. The van der Waals surface area contributed by atoms with Gasteiger partial charge < -0.3 is 14.3 Å². The van der Waals surface area contributed by atoms with Crippen LogP contribution in [0.15, 0.2) is 196 Å². The number of hydrogen-bond acceptors (Lipinski definition) is 5. The summed E-state index contributed by atoms with van der Waals surface area (Å²) in [5.74, 6) is 1.53. The first-order chi connectivity index (χ1) is 28.2. The van der Waals surface area contributed by atoms with Gasteiger partial charge >= 0.3 is 0 Å². The number of fused-ring (bicyclic) bond motifs is 9. The van der Waals surface area contributed by atoms with Crippen LogP contribution < -0.4 is 5.32 Å². The molecule has 1 N–H and O–H groups in total. The lowest BCUT2D eigenvalue weighted by molar-refractivity contribution is 0.669. The Morgan fingerprint density at radius 2 is 1.18 bits per heavy atom. The molecule has 0 fully saturated rings. The minimum atomic E-state index is -0.258. The lowest BCUT2D eigenvalue weighted by Gasteiger charge is -2.23. The summed E-state index contributed by atoms with van der Waals surface area (Å²) in [4.78, 5) is 10.2. The Bertz CT molecular complexity index is 3390. The van der Waals surface area contributed by atoms with Crippen molar-refractivity contribution in [3.63, 3.8) is 0 Å². The number of nitrogens with one attached hydrogen (secondary N) is 1. The summed E-state index contributed by atoms with van der Waals surface area (Å²) < 4.78 is 11.3. The molecule has 0 saturated heterocycles. The van der Waals surface area contributed by atoms with Gasteiger partial charge in [-0.05, 0) is 83.4 Å². The van der Waals surface area contributed by atoms with Crippen LogP contribution in [0.1, 0.15) is 22.9 Å². The maximum absolute atomic E-state index is 6.46. The molecular formula is C51H32N4OS. The highest BCUT2D eigenvalue weighted by molar-refractivity contribution is 7.26. The Balaban J connectivity index is 0.996. The van der Waals surface area contributed by atoms with Gasteiger partial charge in [0.15, 0.2) is 5.84 Å². The van der Waals surface area contributed by atoms with Gasteiger partial charge in [-0.1, -0.05) is 115 Å². The lowest BCUT2D eigenvalue weighted by atomic mass is 9.97. The molecule has 11 aromatic rings. The lowest BCUT2D eigenvalue weighted by Crippen LogP contribution is -2.33. The van der Waals surface area contributed by atoms with Gasteiger partial charge in [-0.3, -0.25) is 0 Å². The molecule has 1 aliphatic rings. The Morgan fingerprint density at radius 1 is 0.509 bits per heavy atom. The molecule has 0 amide bonds. The first kappa shape index (κ1) is 32.0. The molecule has 57 heavy (non-hydrogen) atoms. The van der Waals surface area contributed by atoms with Gasteiger partial charge in [0.1, 0.15) is 23.2 Å². The van der Waals surface area contributed by atoms with E-state index in [1.807, 2.05) is 35.6 Å². The third kappa shape index (κ3) is 5.15. The van der Waals surface area contributed by atoms with Gasteiger partial charge in [0.2, 0.25) is 0 Å². The highest BCUT2D eigenvalue weighted by Gasteiger charge is 2.22. The molecule has 6 heteroatoms. The van der Waals surface area contributed by atoms with Crippen LogP contribution in [-0.2, 0) is 0 Å². The van der Waals surface area contributed by atoms with E-state index in [1.165, 1.54) is 47.5 Å². The summed E-state index contributed by atoms with van der Waals surface area (Å²) in [6.07, 6.45) is -0.258. The fraction of sp³-hybridized carbons (Fsp3) is 0.0196. The third-order valence-corrected chi connectivity index (χ3v) is 12.4. The highest BCUT2D eigenvalue weighted by Crippen LogP contribution is 2.43. The first-order valence-corrected chi connectivity index (χ1v) is 20.0. The Hall–Kier alpha value is -7.28. The summed E-state index contributed by atoms with van der Waals surface area (Å²) in [7, 11) is 0. The molecule has 0 radical (unpaired) electrons. The molecule has 268 valence electrons. The average molecular weight is 749 g/mol. The number of hydrogen-bond donors (Lipinski definition) is 1. The second-order valence-electron chi connectivity index (χ2n) is 14.6. The number of nitrogens with zero attached hydrogens (tertiary/aromatic N) is 3. The molecule has 0 bridgehead atoms. The zero-order chi connectivity index (χ0) is 37.5. The number of thiophene rings is 1. The molecule has 1 atom stereocenters. The van der Waals surface area contributed by atoms with Crippen molar-refractivity contribution in [1.82, 2.24) is 9.88 Å². The van der Waals surface area contributed by atoms with Crippen LogP contribution in [0.25, 0.3) is 80.7 Å². The van der Waals surface area contributed by atoms with Crippen molar-refractivity contribution in [2.75, 3.05) is 0 Å². The molecule has 0 spiro atoms. The maximum atomic E-state index is 6.46. The molecule has 3 aromatic heterocycles. The van der Waals surface area contributed by atoms with Crippen LogP contribution >= 0.6 is 11.3 Å². The van der Waals surface area contributed by atoms with E-state index in [4.69, 9.17) is 14.4 Å². The zero-order valence-electron chi connectivity index (χ0n) is 30.6. The molecule has 4 heterocycles. The smallest absolute Gasteiger partial charge is 0.159 e. The first-order valence-electron chi connectivity index (χ1n) is 19.2. The van der Waals surface area contributed by atoms with Crippen molar-refractivity contribution in [1.29, 1.82) is 0 Å². The molecule has 12 rings (SSSR count). The number of aliphatic imine (C=N–C) groups is 2. The molecule has 8 aromatic carbocycles. The van der Waals surface area contributed by atoms with Crippen molar-refractivity contribution < 1.29 is 4.42 Å². The van der Waals surface area contributed by atoms with Gasteiger partial charge in [0, 0.05) is 58.5 Å². The number of aromatic nitrogens is 1. The number of benzene rings is 8. The van der Waals surface area contributed by atoms with Crippen LogP contribution in [0.2, 0.25) is 0 Å². The number of furan rings is 1. The van der Waals surface area contributed by atoms with E-state index in [9.17, 15) is 0 Å². The average Bonchev–Trinajstić information content (AvgIpc) is 3.95. The second kappa shape index (κ2) is 12.6. The van der Waals surface area contributed by atoms with E-state index < -0.39 is 0 Å². The van der Waals surface area contributed by atoms with Gasteiger partial charge in [-0.15, -0.1) is 11.3 Å². The van der Waals surface area contributed by atoms with E-state index in [0.29, 0.717) is 0 Å². The van der Waals surface area contributed by atoms with Crippen molar-refractivity contribution >= 4 is 86.9 Å². The van der Waals surface area contributed by atoms with Crippen LogP contribution in [0, 0.1) is 0 Å². The minimum absolute atomic E-state index is 0.258. The van der Waals surface area contributed by atoms with Crippen molar-refractivity contribution in [3.8, 4) is 16.8 Å². The van der Waals surface area contributed by atoms with E-state index in [-0.39, 0.29) is 6.17 Å². The molecule has 0 saturated carbocycles. The van der Waals surface area contributed by atoms with Gasteiger partial charge in [0.25, 0.3) is 0 Å². The quantitative estimate of drug-likeness (QED) is 0.191. The molecule has 1 unspecified atom stereocenters. The second-order valence-corrected chi connectivity index (χ2v) is 15.7. The molecular weight excluding hydrogens is 717 g/mol. The normalized spacial score (nSPS) is 14.5. The monoisotopic (exact) mass is 748 g/mol. The van der Waals surface area contributed by atoms with Crippen LogP contribution in [0.3, 0.4) is 0 Å². The van der Waals surface area contributed by atoms with Crippen molar-refractivity contribution in [2.24, 2.45) is 9.98 Å². The van der Waals surface area contributed by atoms with Gasteiger partial charge in [-0.2, -0.15) is 0 Å². The standard InChI is InChI=1S/C51H32N4OS/c1-3-12-31(13-4-1)49-52-50(32-14-5-2-6-15-32)54-51(53-49)34-23-27-46-41(29-34)48-36(18-11-21-47(48)57-46)33-22-25-44-39(28-33)40-30-35(24-26-45(40)56-44)55-42-19-9-7-16-37(42)38-17-8-10-20-43(38)55/h1-30,49H,(H,52,53,54). The minimum Gasteiger partial charge on any atom is -0.456 e. The topological polar surface area (TPSA) is 54.8 Å². The zero-order valence-corrected chi connectivity index (χ0v) is 31.4. The fourth-order valence-corrected chi connectivity index (χ4v) is 9.72. The fourth-order valence-electron chi connectivity index (χ4n) is 8.61. The summed E-state index contributed by atoms with van der Waals surface area (Å²) in [5, 5.41) is 10.8. The van der Waals surface area contributed by atoms with Gasteiger partial charge in [0.05, 0.1) is 11.0 Å². The Kier molecular flexibility index (Phi) is 7.09. The van der Waals surface area contributed by atoms with E-state index in [0.717, 1.165) is 61.6 Å². The number of amidine groups is 2. The largest absolute Gasteiger partial charge is 0.456 e. The summed E-state index contributed by atoms with van der Waals surface area (Å²) in [5.41, 5.74) is 10.7. The molecule has 5 nitrogen and oxygen atoms in total. The molecule has 0 aliphatic carbocycles. The number of para-hydroxylation sites is 2. The highest BCUT2D eigenvalue weighted by atomic mass is 32.1. The van der Waals surface area contributed by atoms with Crippen LogP contribution in [0.5, 0.6) is 0 Å². The van der Waals surface area contributed by atoms with E-state index >= 15 is 0 Å². The Morgan fingerprint density at radius 3 is 1.96 bits per heavy atom. The SMILES string of the molecule is c1ccc(C2=NC(c3ccccc3)NC(c3ccc4sc5cccc(-c6ccc7oc8ccc(-n9c%10ccccc%10c%10ccccc%109)cc8c7c6)c5c4c3)=N2)cc1. The predicted molar refractivity (Wildman–Crippen MR) is 238 cm³/mol. The summed E-state index contributed by atoms with van der Waals surface area (Å²) >= 11 is 1.83. The summed E-state index contributed by atoms with van der Waals surface area (Å²) in [6.45, 7) is 0. The van der Waals surface area contributed by atoms with Crippen molar-refractivity contribution in [3.05, 3.63) is 199 Å². The van der Waals surface area contributed by atoms with E-state index in [2.05, 4.69) is 168 Å². The van der Waals surface area contributed by atoms with Crippen LogP contribution in [-0.4, -0.2) is 16.2 Å². The summed E-state index contributed by atoms with van der Waals surface area (Å²) in [6, 6.07) is 64.4. The van der Waals surface area contributed by atoms with Crippen LogP contribution in [0.4, 0.5) is 0 Å². The third-order valence-electron chi connectivity index (χ3n) is 11.3. The molecule has 1 aliphatic heterocycles. The number of rotatable bonds is 5. The maximum Gasteiger partial charge on any atom is 0.159 e. The Labute approximate surface area is 331 Å².